The van der Waals surface area contributed by atoms with E-state index in [1.165, 1.54) is 38.5 Å². The molecule has 0 aliphatic carbocycles. The maximum atomic E-state index is 6.00. The summed E-state index contributed by atoms with van der Waals surface area (Å²) in [4.78, 5) is 0. The molecular formula is C14H22Br2OSi. The fourth-order valence-corrected chi connectivity index (χ4v) is 5.87. The van der Waals surface area contributed by atoms with Gasteiger partial charge in [0.1, 0.15) is 5.75 Å². The summed E-state index contributed by atoms with van der Waals surface area (Å²) in [6.45, 7) is 2.25. The first-order chi connectivity index (χ1) is 8.64. The molecule has 4 heteroatoms. The van der Waals surface area contributed by atoms with Gasteiger partial charge in [-0.25, -0.2) is 0 Å². The molecule has 1 nitrogen and oxygen atoms in total. The van der Waals surface area contributed by atoms with E-state index in [0.717, 1.165) is 11.8 Å². The van der Waals surface area contributed by atoms with Crippen LogP contribution in [0.1, 0.15) is 45.4 Å². The normalized spacial score (nSPS) is 11.5. The Morgan fingerprint density at radius 1 is 0.944 bits per heavy atom. The van der Waals surface area contributed by atoms with E-state index < -0.39 is 5.56 Å². The molecule has 0 heterocycles. The second-order valence-corrected chi connectivity index (χ2v) is 17.4. The number of para-hydroxylation sites is 1. The van der Waals surface area contributed by atoms with E-state index in [-0.39, 0.29) is 0 Å². The molecule has 0 atom stereocenters. The van der Waals surface area contributed by atoms with Crippen LogP contribution in [0.15, 0.2) is 30.3 Å². The number of unbranched alkanes of at least 4 members (excludes halogenated alkanes) is 5. The van der Waals surface area contributed by atoms with Crippen molar-refractivity contribution in [2.75, 3.05) is 0 Å². The van der Waals surface area contributed by atoms with Gasteiger partial charge in [-0.15, -0.1) is 0 Å². The van der Waals surface area contributed by atoms with Crippen molar-refractivity contribution >= 4 is 36.1 Å². The molecule has 0 amide bonds. The Morgan fingerprint density at radius 3 is 2.22 bits per heavy atom. The molecule has 0 saturated carbocycles. The zero-order chi connectivity index (χ0) is 13.3. The van der Waals surface area contributed by atoms with Crippen molar-refractivity contribution in [3.05, 3.63) is 30.3 Å². The first-order valence-corrected chi connectivity index (χ1v) is 13.4. The van der Waals surface area contributed by atoms with Gasteiger partial charge in [-0.1, -0.05) is 94.2 Å². The van der Waals surface area contributed by atoms with Crippen LogP contribution in [0.2, 0.25) is 6.04 Å². The van der Waals surface area contributed by atoms with Crippen LogP contribution in [-0.2, 0) is 0 Å². The summed E-state index contributed by atoms with van der Waals surface area (Å²) in [6, 6.07) is 11.1. The third-order valence-electron chi connectivity index (χ3n) is 2.83. The minimum absolute atomic E-state index is 0.948. The lowest BCUT2D eigenvalue weighted by atomic mass is 10.1. The van der Waals surface area contributed by atoms with Crippen LogP contribution >= 0.6 is 30.6 Å². The third-order valence-corrected chi connectivity index (χ3v) is 7.65. The Bertz CT molecular complexity index is 317. The van der Waals surface area contributed by atoms with Gasteiger partial charge in [-0.2, -0.15) is 0 Å². The van der Waals surface area contributed by atoms with E-state index >= 15 is 0 Å². The summed E-state index contributed by atoms with van der Waals surface area (Å²) >= 11 is 7.47. The van der Waals surface area contributed by atoms with Crippen LogP contribution in [0, 0.1) is 0 Å². The lowest BCUT2D eigenvalue weighted by Gasteiger charge is -2.19. The van der Waals surface area contributed by atoms with Crippen LogP contribution in [0.3, 0.4) is 0 Å². The van der Waals surface area contributed by atoms with E-state index in [4.69, 9.17) is 4.43 Å². The quantitative estimate of drug-likeness (QED) is 0.277. The van der Waals surface area contributed by atoms with Crippen molar-refractivity contribution in [3.8, 4) is 5.75 Å². The zero-order valence-corrected chi connectivity index (χ0v) is 15.2. The van der Waals surface area contributed by atoms with Gasteiger partial charge in [0.25, 0.3) is 0 Å². The average Bonchev–Trinajstić information content (AvgIpc) is 2.34. The summed E-state index contributed by atoms with van der Waals surface area (Å²) in [5.74, 6) is 0.948. The van der Waals surface area contributed by atoms with Gasteiger partial charge in [-0.05, 0) is 18.2 Å². The molecule has 0 fully saturated rings. The van der Waals surface area contributed by atoms with Crippen LogP contribution in [-0.4, -0.2) is 5.56 Å². The van der Waals surface area contributed by atoms with Crippen molar-refractivity contribution in [2.24, 2.45) is 0 Å². The Hall–Kier alpha value is 0.197. The predicted octanol–water partition coefficient (Wildman–Crippen LogP) is 6.15. The van der Waals surface area contributed by atoms with Crippen molar-refractivity contribution < 1.29 is 4.43 Å². The molecule has 0 unspecified atom stereocenters. The molecule has 0 aliphatic heterocycles. The van der Waals surface area contributed by atoms with Crippen LogP contribution < -0.4 is 4.43 Å². The molecule has 0 aliphatic rings. The van der Waals surface area contributed by atoms with Crippen molar-refractivity contribution in [1.29, 1.82) is 0 Å². The summed E-state index contributed by atoms with van der Waals surface area (Å²) in [7, 11) is 0. The number of rotatable bonds is 9. The Kier molecular flexibility index (Phi) is 8.27. The van der Waals surface area contributed by atoms with Gasteiger partial charge >= 0.3 is 5.56 Å². The van der Waals surface area contributed by atoms with E-state index in [9.17, 15) is 0 Å². The second kappa shape index (κ2) is 9.16. The molecule has 0 spiro atoms. The maximum absolute atomic E-state index is 6.00. The number of hydrogen-bond donors (Lipinski definition) is 0. The van der Waals surface area contributed by atoms with Gasteiger partial charge < -0.3 is 4.43 Å². The molecule has 0 N–H and O–H groups in total. The molecule has 0 aromatic heterocycles. The molecule has 1 aromatic rings. The molecule has 1 aromatic carbocycles. The van der Waals surface area contributed by atoms with E-state index in [2.05, 4.69) is 37.5 Å². The van der Waals surface area contributed by atoms with E-state index in [1.54, 1.807) is 0 Å². The fraction of sp³-hybridized carbons (Fsp3) is 0.571. The standard InChI is InChI=1S/C14H22Br2OSi/c1-2-3-4-5-6-10-13-18(15,16)17-14-11-8-7-9-12-14/h7-9,11-12H,2-6,10,13H2,1H3. The van der Waals surface area contributed by atoms with Gasteiger partial charge in [0.15, 0.2) is 0 Å². The molecule has 18 heavy (non-hydrogen) atoms. The van der Waals surface area contributed by atoms with Crippen LogP contribution in [0.25, 0.3) is 0 Å². The van der Waals surface area contributed by atoms with Gasteiger partial charge in [0, 0.05) is 0 Å². The Balaban J connectivity index is 2.19. The largest absolute Gasteiger partial charge is 0.524 e. The molecular weight excluding hydrogens is 372 g/mol. The maximum Gasteiger partial charge on any atom is 0.393 e. The highest BCUT2D eigenvalue weighted by Gasteiger charge is 2.29. The van der Waals surface area contributed by atoms with Crippen molar-refractivity contribution in [3.63, 3.8) is 0 Å². The highest BCUT2D eigenvalue weighted by molar-refractivity contribution is 9.50. The first-order valence-electron chi connectivity index (χ1n) is 6.76. The fourth-order valence-electron chi connectivity index (χ4n) is 1.82. The lowest BCUT2D eigenvalue weighted by molar-refractivity contribution is 0.568. The average molecular weight is 394 g/mol. The smallest absolute Gasteiger partial charge is 0.393 e. The topological polar surface area (TPSA) is 9.23 Å². The third kappa shape index (κ3) is 7.59. The molecule has 0 radical (unpaired) electrons. The minimum Gasteiger partial charge on any atom is -0.524 e. The van der Waals surface area contributed by atoms with E-state index in [1.807, 2.05) is 30.3 Å². The molecule has 102 valence electrons. The van der Waals surface area contributed by atoms with Gasteiger partial charge in [0.05, 0.1) is 0 Å². The second-order valence-electron chi connectivity index (χ2n) is 4.57. The highest BCUT2D eigenvalue weighted by atomic mass is 79.9. The Labute approximate surface area is 128 Å². The first kappa shape index (κ1) is 16.3. The SMILES string of the molecule is CCCCCCCC[Si](Br)(Br)Oc1ccccc1. The molecule has 0 bridgehead atoms. The Morgan fingerprint density at radius 2 is 1.56 bits per heavy atom. The van der Waals surface area contributed by atoms with Crippen molar-refractivity contribution in [1.82, 2.24) is 0 Å². The van der Waals surface area contributed by atoms with Gasteiger partial charge in [0.2, 0.25) is 0 Å². The van der Waals surface area contributed by atoms with Crippen LogP contribution in [0.5, 0.6) is 5.75 Å². The molecule has 1 rings (SSSR count). The van der Waals surface area contributed by atoms with Crippen molar-refractivity contribution in [2.45, 2.75) is 51.5 Å². The van der Waals surface area contributed by atoms with E-state index in [0.29, 0.717) is 0 Å². The summed E-state index contributed by atoms with van der Waals surface area (Å²) in [6.07, 6.45) is 7.95. The number of halogens is 2. The summed E-state index contributed by atoms with van der Waals surface area (Å²) in [5.41, 5.74) is -1.89. The lowest BCUT2D eigenvalue weighted by Crippen LogP contribution is -2.26. The zero-order valence-electron chi connectivity index (χ0n) is 11.0. The summed E-state index contributed by atoms with van der Waals surface area (Å²) in [5, 5.41) is 0. The predicted molar refractivity (Wildman–Crippen MR) is 88.9 cm³/mol. The summed E-state index contributed by atoms with van der Waals surface area (Å²) < 4.78 is 6.00. The highest BCUT2D eigenvalue weighted by Crippen LogP contribution is 2.31. The number of benzene rings is 1. The minimum atomic E-state index is -1.89. The number of hydrogen-bond acceptors (Lipinski definition) is 1. The van der Waals surface area contributed by atoms with Gasteiger partial charge in [-0.3, -0.25) is 0 Å². The monoisotopic (exact) mass is 392 g/mol. The molecule has 0 saturated heterocycles. The van der Waals surface area contributed by atoms with Crippen LogP contribution in [0.4, 0.5) is 0 Å².